The predicted octanol–water partition coefficient (Wildman–Crippen LogP) is 0.603. The van der Waals surface area contributed by atoms with Gasteiger partial charge in [0, 0.05) is 30.9 Å². The second kappa shape index (κ2) is 7.05. The normalized spacial score (nSPS) is 12.2. The summed E-state index contributed by atoms with van der Waals surface area (Å²) in [5.74, 6) is 0.113. The van der Waals surface area contributed by atoms with E-state index in [0.717, 1.165) is 5.69 Å². The molecule has 1 aromatic heterocycles. The summed E-state index contributed by atoms with van der Waals surface area (Å²) < 4.78 is 25.7. The van der Waals surface area contributed by atoms with Gasteiger partial charge in [0.05, 0.1) is 17.0 Å². The number of thiazole rings is 1. The minimum atomic E-state index is -3.17. The molecule has 7 heteroatoms. The number of nitrogens with one attached hydrogen (secondary N) is 2. The number of hydrogen-bond acceptors (Lipinski definition) is 5. The number of sulfonamides is 1. The zero-order chi connectivity index (χ0) is 12.7. The summed E-state index contributed by atoms with van der Waals surface area (Å²) in [6, 6.07) is 0.306. The van der Waals surface area contributed by atoms with E-state index in [1.807, 2.05) is 19.2 Å². The minimum absolute atomic E-state index is 0.113. The molecule has 0 aliphatic rings. The fourth-order valence-corrected chi connectivity index (χ4v) is 2.79. The molecule has 5 nitrogen and oxygen atoms in total. The molecule has 0 aliphatic heterocycles. The molecule has 1 heterocycles. The molecule has 0 aromatic carbocycles. The van der Waals surface area contributed by atoms with Crippen LogP contribution in [0.2, 0.25) is 0 Å². The average Bonchev–Trinajstić information content (AvgIpc) is 2.69. The van der Waals surface area contributed by atoms with Crippen molar-refractivity contribution in [2.45, 2.75) is 26.3 Å². The Morgan fingerprint density at radius 1 is 1.41 bits per heavy atom. The van der Waals surface area contributed by atoms with Gasteiger partial charge in [-0.2, -0.15) is 0 Å². The van der Waals surface area contributed by atoms with Crippen LogP contribution in [0.15, 0.2) is 10.9 Å². The Bertz CT molecular complexity index is 401. The zero-order valence-electron chi connectivity index (χ0n) is 10.1. The Morgan fingerprint density at radius 3 is 2.76 bits per heavy atom. The van der Waals surface area contributed by atoms with E-state index in [9.17, 15) is 8.42 Å². The van der Waals surface area contributed by atoms with E-state index < -0.39 is 10.0 Å². The standard InChI is InChI=1S/C10H19N3O2S2/c1-9(2)11-5-6-17(14,15)13-4-3-10-7-16-8-12-10/h7-9,11,13H,3-6H2,1-2H3. The third-order valence-corrected chi connectivity index (χ3v) is 4.13. The first kappa shape index (κ1) is 14.6. The summed E-state index contributed by atoms with van der Waals surface area (Å²) in [6.07, 6.45) is 0.639. The van der Waals surface area contributed by atoms with E-state index >= 15 is 0 Å². The first-order valence-corrected chi connectivity index (χ1v) is 8.17. The van der Waals surface area contributed by atoms with E-state index in [4.69, 9.17) is 0 Å². The largest absolute Gasteiger partial charge is 0.313 e. The van der Waals surface area contributed by atoms with Crippen LogP contribution in [-0.2, 0) is 16.4 Å². The van der Waals surface area contributed by atoms with Gasteiger partial charge < -0.3 is 5.32 Å². The first-order valence-electron chi connectivity index (χ1n) is 5.57. The molecule has 98 valence electrons. The highest BCUT2D eigenvalue weighted by molar-refractivity contribution is 7.89. The molecule has 0 atom stereocenters. The molecular formula is C10H19N3O2S2. The van der Waals surface area contributed by atoms with Gasteiger partial charge in [0.25, 0.3) is 0 Å². The predicted molar refractivity (Wildman–Crippen MR) is 70.7 cm³/mol. The maximum absolute atomic E-state index is 11.6. The Hall–Kier alpha value is -0.500. The molecule has 1 aromatic rings. The second-order valence-electron chi connectivity index (χ2n) is 4.05. The van der Waals surface area contributed by atoms with Gasteiger partial charge in [-0.1, -0.05) is 13.8 Å². The van der Waals surface area contributed by atoms with Crippen molar-refractivity contribution < 1.29 is 8.42 Å². The Kier molecular flexibility index (Phi) is 6.04. The van der Waals surface area contributed by atoms with Gasteiger partial charge in [-0.3, -0.25) is 0 Å². The third kappa shape index (κ3) is 6.72. The number of aromatic nitrogens is 1. The van der Waals surface area contributed by atoms with Gasteiger partial charge in [-0.15, -0.1) is 11.3 Å². The molecule has 0 amide bonds. The van der Waals surface area contributed by atoms with Gasteiger partial charge in [-0.25, -0.2) is 18.1 Å². The first-order chi connectivity index (χ1) is 7.99. The molecular weight excluding hydrogens is 258 g/mol. The van der Waals surface area contributed by atoms with Gasteiger partial charge in [0.15, 0.2) is 0 Å². The summed E-state index contributed by atoms with van der Waals surface area (Å²) in [5.41, 5.74) is 2.68. The van der Waals surface area contributed by atoms with Crippen LogP contribution in [0.25, 0.3) is 0 Å². The van der Waals surface area contributed by atoms with Crippen molar-refractivity contribution in [2.75, 3.05) is 18.8 Å². The van der Waals surface area contributed by atoms with E-state index in [2.05, 4.69) is 15.0 Å². The quantitative estimate of drug-likeness (QED) is 0.730. The molecule has 0 radical (unpaired) electrons. The Morgan fingerprint density at radius 2 is 2.18 bits per heavy atom. The fourth-order valence-electron chi connectivity index (χ4n) is 1.25. The smallest absolute Gasteiger partial charge is 0.212 e. The lowest BCUT2D eigenvalue weighted by molar-refractivity contribution is 0.567. The van der Waals surface area contributed by atoms with Gasteiger partial charge in [0.1, 0.15) is 0 Å². The lowest BCUT2D eigenvalue weighted by Crippen LogP contribution is -2.35. The summed E-state index contributed by atoms with van der Waals surface area (Å²) in [7, 11) is -3.17. The lowest BCUT2D eigenvalue weighted by atomic mass is 10.3. The third-order valence-electron chi connectivity index (χ3n) is 2.11. The van der Waals surface area contributed by atoms with Crippen molar-refractivity contribution in [3.63, 3.8) is 0 Å². The number of nitrogens with zero attached hydrogens (tertiary/aromatic N) is 1. The van der Waals surface area contributed by atoms with Crippen LogP contribution in [0.4, 0.5) is 0 Å². The van der Waals surface area contributed by atoms with Gasteiger partial charge >= 0.3 is 0 Å². The second-order valence-corrected chi connectivity index (χ2v) is 6.70. The lowest BCUT2D eigenvalue weighted by Gasteiger charge is -2.09. The molecule has 2 N–H and O–H groups in total. The summed E-state index contributed by atoms with van der Waals surface area (Å²) >= 11 is 1.52. The van der Waals surface area contributed by atoms with Crippen molar-refractivity contribution >= 4 is 21.4 Å². The summed E-state index contributed by atoms with van der Waals surface area (Å²) in [5, 5.41) is 5.00. The number of rotatable bonds is 8. The van der Waals surface area contributed by atoms with Crippen molar-refractivity contribution in [1.29, 1.82) is 0 Å². The molecule has 0 aliphatic carbocycles. The van der Waals surface area contributed by atoms with Crippen molar-refractivity contribution in [1.82, 2.24) is 15.0 Å². The summed E-state index contributed by atoms with van der Waals surface area (Å²) in [4.78, 5) is 4.09. The monoisotopic (exact) mass is 277 g/mol. The molecule has 0 saturated heterocycles. The van der Waals surface area contributed by atoms with Crippen LogP contribution < -0.4 is 10.0 Å². The number of hydrogen-bond donors (Lipinski definition) is 2. The van der Waals surface area contributed by atoms with E-state index in [0.29, 0.717) is 25.6 Å². The molecule has 17 heavy (non-hydrogen) atoms. The van der Waals surface area contributed by atoms with Crippen LogP contribution in [0.5, 0.6) is 0 Å². The highest BCUT2D eigenvalue weighted by Gasteiger charge is 2.09. The van der Waals surface area contributed by atoms with E-state index in [1.54, 1.807) is 5.51 Å². The van der Waals surface area contributed by atoms with Crippen LogP contribution in [0.1, 0.15) is 19.5 Å². The summed E-state index contributed by atoms with van der Waals surface area (Å²) in [6.45, 7) is 4.86. The van der Waals surface area contributed by atoms with Crippen molar-refractivity contribution in [2.24, 2.45) is 0 Å². The molecule has 0 unspecified atom stereocenters. The Labute approximate surface area is 107 Å². The van der Waals surface area contributed by atoms with Crippen LogP contribution in [0.3, 0.4) is 0 Å². The molecule has 0 saturated carbocycles. The van der Waals surface area contributed by atoms with Crippen LogP contribution >= 0.6 is 11.3 Å². The van der Waals surface area contributed by atoms with Crippen molar-refractivity contribution in [3.8, 4) is 0 Å². The molecule has 1 rings (SSSR count). The van der Waals surface area contributed by atoms with Gasteiger partial charge in [0.2, 0.25) is 10.0 Å². The zero-order valence-corrected chi connectivity index (χ0v) is 11.8. The van der Waals surface area contributed by atoms with E-state index in [1.165, 1.54) is 11.3 Å². The van der Waals surface area contributed by atoms with Crippen LogP contribution in [0, 0.1) is 0 Å². The maximum atomic E-state index is 11.6. The SMILES string of the molecule is CC(C)NCCS(=O)(=O)NCCc1cscn1. The topological polar surface area (TPSA) is 71.1 Å². The molecule has 0 fully saturated rings. The molecule has 0 bridgehead atoms. The highest BCUT2D eigenvalue weighted by Crippen LogP contribution is 2.00. The maximum Gasteiger partial charge on any atom is 0.212 e. The molecule has 0 spiro atoms. The van der Waals surface area contributed by atoms with Gasteiger partial charge in [-0.05, 0) is 0 Å². The Balaban J connectivity index is 2.20. The minimum Gasteiger partial charge on any atom is -0.313 e. The van der Waals surface area contributed by atoms with E-state index in [-0.39, 0.29) is 5.75 Å². The highest BCUT2D eigenvalue weighted by atomic mass is 32.2. The van der Waals surface area contributed by atoms with Crippen molar-refractivity contribution in [3.05, 3.63) is 16.6 Å². The fraction of sp³-hybridized carbons (Fsp3) is 0.700. The average molecular weight is 277 g/mol. The van der Waals surface area contributed by atoms with Crippen LogP contribution in [-0.4, -0.2) is 38.3 Å².